The Kier molecular flexibility index (Phi) is 4.93. The highest BCUT2D eigenvalue weighted by Gasteiger charge is 2.24. The largest absolute Gasteiger partial charge is 0.468 e. The van der Waals surface area contributed by atoms with Gasteiger partial charge in [0.05, 0.1) is 18.8 Å². The Morgan fingerprint density at radius 3 is 3.14 bits per heavy atom. The van der Waals surface area contributed by atoms with Crippen LogP contribution in [-0.2, 0) is 11.3 Å². The Morgan fingerprint density at radius 1 is 1.43 bits per heavy atom. The number of amides is 1. The molecule has 0 saturated carbocycles. The average Bonchev–Trinajstić information content (AvgIpc) is 3.18. The molecule has 21 heavy (non-hydrogen) atoms. The maximum absolute atomic E-state index is 12.0. The molecule has 0 radical (unpaired) electrons. The van der Waals surface area contributed by atoms with Crippen LogP contribution in [0.25, 0.3) is 0 Å². The van der Waals surface area contributed by atoms with Crippen LogP contribution in [0.3, 0.4) is 0 Å². The minimum Gasteiger partial charge on any atom is -0.468 e. The zero-order valence-electron chi connectivity index (χ0n) is 12.5. The van der Waals surface area contributed by atoms with Crippen LogP contribution in [0.5, 0.6) is 0 Å². The molecule has 2 atom stereocenters. The summed E-state index contributed by atoms with van der Waals surface area (Å²) in [4.78, 5) is 14.4. The SMILES string of the molecule is O=C(NCC1CCCN(Cc2ccco2)C1)C1CCCN1. The number of piperidine rings is 1. The summed E-state index contributed by atoms with van der Waals surface area (Å²) < 4.78 is 5.42. The summed E-state index contributed by atoms with van der Waals surface area (Å²) in [6, 6.07) is 4.00. The van der Waals surface area contributed by atoms with Gasteiger partial charge in [-0.05, 0) is 56.8 Å². The Labute approximate surface area is 126 Å². The van der Waals surface area contributed by atoms with E-state index in [0.29, 0.717) is 5.92 Å². The molecule has 5 nitrogen and oxygen atoms in total. The van der Waals surface area contributed by atoms with Crippen molar-refractivity contribution in [1.29, 1.82) is 0 Å². The number of likely N-dealkylation sites (tertiary alicyclic amines) is 1. The second kappa shape index (κ2) is 7.09. The van der Waals surface area contributed by atoms with Gasteiger partial charge in [-0.25, -0.2) is 0 Å². The average molecular weight is 291 g/mol. The molecule has 1 aromatic rings. The Hall–Kier alpha value is -1.33. The predicted molar refractivity (Wildman–Crippen MR) is 80.7 cm³/mol. The van der Waals surface area contributed by atoms with Crippen molar-refractivity contribution in [1.82, 2.24) is 15.5 Å². The second-order valence-electron chi connectivity index (χ2n) is 6.22. The van der Waals surface area contributed by atoms with Crippen molar-refractivity contribution >= 4 is 5.91 Å². The van der Waals surface area contributed by atoms with E-state index in [-0.39, 0.29) is 11.9 Å². The number of rotatable bonds is 5. The highest BCUT2D eigenvalue weighted by Crippen LogP contribution is 2.18. The fraction of sp³-hybridized carbons (Fsp3) is 0.688. The lowest BCUT2D eigenvalue weighted by atomic mass is 9.97. The molecule has 0 aromatic carbocycles. The Morgan fingerprint density at radius 2 is 2.38 bits per heavy atom. The minimum atomic E-state index is 0.0350. The summed E-state index contributed by atoms with van der Waals surface area (Å²) in [5.41, 5.74) is 0. The van der Waals surface area contributed by atoms with Crippen LogP contribution in [0.2, 0.25) is 0 Å². The molecule has 3 heterocycles. The van der Waals surface area contributed by atoms with E-state index in [1.54, 1.807) is 6.26 Å². The molecular formula is C16H25N3O2. The summed E-state index contributed by atoms with van der Waals surface area (Å²) >= 11 is 0. The lowest BCUT2D eigenvalue weighted by Crippen LogP contribution is -2.45. The van der Waals surface area contributed by atoms with Crippen LogP contribution in [0.4, 0.5) is 0 Å². The van der Waals surface area contributed by atoms with Gasteiger partial charge in [0.1, 0.15) is 5.76 Å². The van der Waals surface area contributed by atoms with Gasteiger partial charge < -0.3 is 15.1 Å². The van der Waals surface area contributed by atoms with Gasteiger partial charge >= 0.3 is 0 Å². The van der Waals surface area contributed by atoms with Crippen molar-refractivity contribution in [3.05, 3.63) is 24.2 Å². The number of furan rings is 1. The summed E-state index contributed by atoms with van der Waals surface area (Å²) in [5, 5.41) is 6.37. The number of nitrogens with zero attached hydrogens (tertiary/aromatic N) is 1. The number of carbonyl (C=O) groups excluding carboxylic acids is 1. The summed E-state index contributed by atoms with van der Waals surface area (Å²) in [5.74, 6) is 1.75. The lowest BCUT2D eigenvalue weighted by molar-refractivity contribution is -0.123. The van der Waals surface area contributed by atoms with Crippen LogP contribution < -0.4 is 10.6 Å². The molecule has 1 amide bonds. The van der Waals surface area contributed by atoms with E-state index in [0.717, 1.165) is 51.3 Å². The van der Waals surface area contributed by atoms with Gasteiger partial charge in [0, 0.05) is 13.1 Å². The van der Waals surface area contributed by atoms with Crippen LogP contribution in [0.15, 0.2) is 22.8 Å². The van der Waals surface area contributed by atoms with Crippen molar-refractivity contribution in [2.45, 2.75) is 38.3 Å². The molecule has 2 fully saturated rings. The first-order valence-corrected chi connectivity index (χ1v) is 8.07. The van der Waals surface area contributed by atoms with E-state index >= 15 is 0 Å². The molecule has 2 unspecified atom stereocenters. The van der Waals surface area contributed by atoms with Crippen LogP contribution in [-0.4, -0.2) is 43.0 Å². The third kappa shape index (κ3) is 4.08. The van der Waals surface area contributed by atoms with Gasteiger partial charge in [0.15, 0.2) is 0 Å². The predicted octanol–water partition coefficient (Wildman–Crippen LogP) is 1.36. The fourth-order valence-electron chi connectivity index (χ4n) is 3.36. The van der Waals surface area contributed by atoms with Crippen LogP contribution >= 0.6 is 0 Å². The first-order valence-electron chi connectivity index (χ1n) is 8.07. The molecule has 2 saturated heterocycles. The van der Waals surface area contributed by atoms with Crippen molar-refractivity contribution in [3.8, 4) is 0 Å². The van der Waals surface area contributed by atoms with Crippen molar-refractivity contribution in [2.24, 2.45) is 5.92 Å². The maximum atomic E-state index is 12.0. The van der Waals surface area contributed by atoms with Gasteiger partial charge in [-0.2, -0.15) is 0 Å². The summed E-state index contributed by atoms with van der Waals surface area (Å²) in [7, 11) is 0. The zero-order chi connectivity index (χ0) is 14.5. The smallest absolute Gasteiger partial charge is 0.237 e. The molecule has 2 N–H and O–H groups in total. The first kappa shape index (κ1) is 14.6. The van der Waals surface area contributed by atoms with E-state index in [2.05, 4.69) is 15.5 Å². The molecule has 0 bridgehead atoms. The molecular weight excluding hydrogens is 266 g/mol. The Balaban J connectivity index is 1.42. The van der Waals surface area contributed by atoms with Crippen LogP contribution in [0.1, 0.15) is 31.4 Å². The van der Waals surface area contributed by atoms with Gasteiger partial charge in [0.25, 0.3) is 0 Å². The highest BCUT2D eigenvalue weighted by atomic mass is 16.3. The van der Waals surface area contributed by atoms with E-state index < -0.39 is 0 Å². The highest BCUT2D eigenvalue weighted by molar-refractivity contribution is 5.81. The molecule has 3 rings (SSSR count). The summed E-state index contributed by atoms with van der Waals surface area (Å²) in [6.45, 7) is 4.81. The first-order chi connectivity index (χ1) is 10.3. The number of hydrogen-bond donors (Lipinski definition) is 2. The Bertz CT molecular complexity index is 440. The van der Waals surface area contributed by atoms with E-state index in [1.807, 2.05) is 12.1 Å². The normalized spacial score (nSPS) is 26.9. The standard InChI is InChI=1S/C16H25N3O2/c20-16(15-6-1-7-17-15)18-10-13-4-2-8-19(11-13)12-14-5-3-9-21-14/h3,5,9,13,15,17H,1-2,4,6-8,10-12H2,(H,18,20). The molecule has 2 aliphatic heterocycles. The number of carbonyl (C=O) groups is 1. The summed E-state index contributed by atoms with van der Waals surface area (Å²) in [6.07, 6.45) is 6.21. The number of hydrogen-bond acceptors (Lipinski definition) is 4. The van der Waals surface area contributed by atoms with Gasteiger partial charge in [-0.15, -0.1) is 0 Å². The number of nitrogens with one attached hydrogen (secondary N) is 2. The van der Waals surface area contributed by atoms with Crippen molar-refractivity contribution in [3.63, 3.8) is 0 Å². The molecule has 1 aromatic heterocycles. The molecule has 5 heteroatoms. The van der Waals surface area contributed by atoms with E-state index in [9.17, 15) is 4.79 Å². The van der Waals surface area contributed by atoms with Gasteiger partial charge in [0.2, 0.25) is 5.91 Å². The third-order valence-electron chi connectivity index (χ3n) is 4.50. The molecule has 116 valence electrons. The molecule has 0 spiro atoms. The van der Waals surface area contributed by atoms with E-state index in [4.69, 9.17) is 4.42 Å². The van der Waals surface area contributed by atoms with Crippen molar-refractivity contribution < 1.29 is 9.21 Å². The zero-order valence-corrected chi connectivity index (χ0v) is 12.5. The molecule has 0 aliphatic carbocycles. The van der Waals surface area contributed by atoms with E-state index in [1.165, 1.54) is 12.8 Å². The topological polar surface area (TPSA) is 57.5 Å². The van der Waals surface area contributed by atoms with Crippen LogP contribution in [0, 0.1) is 5.92 Å². The maximum Gasteiger partial charge on any atom is 0.237 e. The van der Waals surface area contributed by atoms with Crippen molar-refractivity contribution in [2.75, 3.05) is 26.2 Å². The molecule has 2 aliphatic rings. The quantitative estimate of drug-likeness (QED) is 0.860. The second-order valence-corrected chi connectivity index (χ2v) is 6.22. The third-order valence-corrected chi connectivity index (χ3v) is 4.50. The minimum absolute atomic E-state index is 0.0350. The monoisotopic (exact) mass is 291 g/mol. The van der Waals surface area contributed by atoms with Gasteiger partial charge in [-0.1, -0.05) is 0 Å². The van der Waals surface area contributed by atoms with Gasteiger partial charge in [-0.3, -0.25) is 9.69 Å². The lowest BCUT2D eigenvalue weighted by Gasteiger charge is -2.32. The fourth-order valence-corrected chi connectivity index (χ4v) is 3.36.